The highest BCUT2D eigenvalue weighted by atomic mass is 32.1. The molecule has 0 amide bonds. The number of hydrogen-bond acceptors (Lipinski definition) is 3. The van der Waals surface area contributed by atoms with E-state index in [-0.39, 0.29) is 0 Å². The fourth-order valence-electron chi connectivity index (χ4n) is 1.86. The normalized spacial score (nSPS) is 12.9. The van der Waals surface area contributed by atoms with Crippen LogP contribution in [0, 0.1) is 0 Å². The van der Waals surface area contributed by atoms with Crippen LogP contribution >= 0.6 is 11.3 Å². The Hall–Kier alpha value is -1.13. The molecule has 0 spiro atoms. The van der Waals surface area contributed by atoms with Crippen molar-refractivity contribution in [3.05, 3.63) is 40.3 Å². The molecule has 0 fully saturated rings. The Labute approximate surface area is 100 Å². The molecule has 0 aliphatic heterocycles. The van der Waals surface area contributed by atoms with E-state index < -0.39 is 0 Å². The van der Waals surface area contributed by atoms with Gasteiger partial charge in [0.1, 0.15) is 0 Å². The summed E-state index contributed by atoms with van der Waals surface area (Å²) in [7, 11) is 4.02. The van der Waals surface area contributed by atoms with Crippen molar-refractivity contribution in [2.24, 2.45) is 7.05 Å². The number of aryl methyl sites for hydroxylation is 2. The van der Waals surface area contributed by atoms with Gasteiger partial charge >= 0.3 is 0 Å². The number of nitrogens with zero attached hydrogens (tertiary/aromatic N) is 2. The van der Waals surface area contributed by atoms with Crippen molar-refractivity contribution in [2.45, 2.75) is 18.9 Å². The summed E-state index contributed by atoms with van der Waals surface area (Å²) in [6.45, 7) is 0. The molecule has 1 atom stereocenters. The van der Waals surface area contributed by atoms with Gasteiger partial charge in [-0.1, -0.05) is 6.07 Å². The van der Waals surface area contributed by atoms with E-state index in [1.807, 2.05) is 36.3 Å². The highest BCUT2D eigenvalue weighted by Gasteiger charge is 2.10. The Morgan fingerprint density at radius 2 is 2.38 bits per heavy atom. The van der Waals surface area contributed by atoms with Gasteiger partial charge in [-0.15, -0.1) is 11.3 Å². The lowest BCUT2D eigenvalue weighted by molar-refractivity contribution is 0.543. The molecule has 1 N–H and O–H groups in total. The zero-order valence-electron chi connectivity index (χ0n) is 9.68. The Morgan fingerprint density at radius 1 is 1.50 bits per heavy atom. The third-order valence-corrected chi connectivity index (χ3v) is 3.83. The fraction of sp³-hybridized carbons (Fsp3) is 0.417. The Morgan fingerprint density at radius 3 is 2.94 bits per heavy atom. The summed E-state index contributed by atoms with van der Waals surface area (Å²) in [4.78, 5) is 1.41. The monoisotopic (exact) mass is 235 g/mol. The largest absolute Gasteiger partial charge is 0.312 e. The van der Waals surface area contributed by atoms with Crippen LogP contribution in [0.1, 0.15) is 23.0 Å². The van der Waals surface area contributed by atoms with Crippen LogP contribution in [0.2, 0.25) is 0 Å². The molecule has 2 heterocycles. The second-order valence-electron chi connectivity index (χ2n) is 3.84. The van der Waals surface area contributed by atoms with E-state index >= 15 is 0 Å². The van der Waals surface area contributed by atoms with Crippen LogP contribution in [0.15, 0.2) is 29.8 Å². The second-order valence-corrected chi connectivity index (χ2v) is 4.82. The Kier molecular flexibility index (Phi) is 3.74. The molecule has 0 saturated carbocycles. The minimum atomic E-state index is 0.454. The molecular formula is C12H17N3S. The van der Waals surface area contributed by atoms with Crippen LogP contribution in [0.4, 0.5) is 0 Å². The molecule has 0 aromatic carbocycles. The smallest absolute Gasteiger partial charge is 0.0492 e. The number of aromatic nitrogens is 2. The van der Waals surface area contributed by atoms with Gasteiger partial charge in [-0.2, -0.15) is 5.10 Å². The Bertz CT molecular complexity index is 419. The maximum absolute atomic E-state index is 4.18. The van der Waals surface area contributed by atoms with Gasteiger partial charge < -0.3 is 5.32 Å². The highest BCUT2D eigenvalue weighted by molar-refractivity contribution is 7.10. The van der Waals surface area contributed by atoms with Gasteiger partial charge in [0.2, 0.25) is 0 Å². The van der Waals surface area contributed by atoms with Crippen LogP contribution < -0.4 is 5.32 Å². The molecule has 0 aliphatic carbocycles. The van der Waals surface area contributed by atoms with Gasteiger partial charge in [0.25, 0.3) is 0 Å². The summed E-state index contributed by atoms with van der Waals surface area (Å²) in [5, 5.41) is 9.68. The predicted molar refractivity (Wildman–Crippen MR) is 67.6 cm³/mol. The van der Waals surface area contributed by atoms with Crippen LogP contribution in [0.3, 0.4) is 0 Å². The number of nitrogens with one attached hydrogen (secondary N) is 1. The molecule has 3 nitrogen and oxygen atoms in total. The lowest BCUT2D eigenvalue weighted by atomic mass is 10.1. The minimum absolute atomic E-state index is 0.454. The Balaban J connectivity index is 1.96. The van der Waals surface area contributed by atoms with Gasteiger partial charge in [-0.3, -0.25) is 4.68 Å². The lowest BCUT2D eigenvalue weighted by Gasteiger charge is -2.14. The number of rotatable bonds is 5. The molecule has 16 heavy (non-hydrogen) atoms. The summed E-state index contributed by atoms with van der Waals surface area (Å²) in [5.41, 5.74) is 1.29. The van der Waals surface area contributed by atoms with E-state index in [2.05, 4.69) is 34.0 Å². The SMILES string of the molecule is CNC(CCc1ccnn1C)c1cccs1. The molecule has 0 saturated heterocycles. The second kappa shape index (κ2) is 5.27. The first-order valence-corrected chi connectivity index (χ1v) is 6.37. The molecule has 2 aromatic heterocycles. The van der Waals surface area contributed by atoms with Crippen molar-refractivity contribution < 1.29 is 0 Å². The molecule has 2 rings (SSSR count). The zero-order chi connectivity index (χ0) is 11.4. The van der Waals surface area contributed by atoms with Crippen LogP contribution in [-0.4, -0.2) is 16.8 Å². The summed E-state index contributed by atoms with van der Waals surface area (Å²) in [6, 6.07) is 6.83. The maximum atomic E-state index is 4.18. The van der Waals surface area contributed by atoms with Gasteiger partial charge in [0.15, 0.2) is 0 Å². The van der Waals surface area contributed by atoms with E-state index in [9.17, 15) is 0 Å². The average Bonchev–Trinajstić information content (AvgIpc) is 2.92. The minimum Gasteiger partial charge on any atom is -0.312 e. The molecule has 0 bridgehead atoms. The molecule has 0 aliphatic rings. The number of thiophene rings is 1. The van der Waals surface area contributed by atoms with Gasteiger partial charge in [-0.25, -0.2) is 0 Å². The van der Waals surface area contributed by atoms with Crippen molar-refractivity contribution in [1.29, 1.82) is 0 Å². The van der Waals surface area contributed by atoms with Crippen molar-refractivity contribution in [2.75, 3.05) is 7.05 Å². The quantitative estimate of drug-likeness (QED) is 0.862. The molecular weight excluding hydrogens is 218 g/mol. The first-order chi connectivity index (χ1) is 7.81. The third-order valence-electron chi connectivity index (χ3n) is 2.85. The predicted octanol–water partition coefficient (Wildman–Crippen LogP) is 2.37. The fourth-order valence-corrected chi connectivity index (χ4v) is 2.73. The average molecular weight is 235 g/mol. The maximum Gasteiger partial charge on any atom is 0.0492 e. The van der Waals surface area contributed by atoms with Crippen molar-refractivity contribution in [3.63, 3.8) is 0 Å². The van der Waals surface area contributed by atoms with E-state index in [0.717, 1.165) is 12.8 Å². The van der Waals surface area contributed by atoms with Crippen molar-refractivity contribution in [1.82, 2.24) is 15.1 Å². The molecule has 86 valence electrons. The lowest BCUT2D eigenvalue weighted by Crippen LogP contribution is -2.16. The van der Waals surface area contributed by atoms with Crippen LogP contribution in [0.25, 0.3) is 0 Å². The van der Waals surface area contributed by atoms with E-state index in [1.165, 1.54) is 10.6 Å². The molecule has 1 unspecified atom stereocenters. The van der Waals surface area contributed by atoms with E-state index in [1.54, 1.807) is 0 Å². The van der Waals surface area contributed by atoms with Crippen LogP contribution in [-0.2, 0) is 13.5 Å². The van der Waals surface area contributed by atoms with E-state index in [4.69, 9.17) is 0 Å². The van der Waals surface area contributed by atoms with Gasteiger partial charge in [0, 0.05) is 29.9 Å². The van der Waals surface area contributed by atoms with Crippen LogP contribution in [0.5, 0.6) is 0 Å². The van der Waals surface area contributed by atoms with Crippen molar-refractivity contribution >= 4 is 11.3 Å². The molecule has 4 heteroatoms. The third kappa shape index (κ3) is 2.51. The van der Waals surface area contributed by atoms with Crippen molar-refractivity contribution in [3.8, 4) is 0 Å². The van der Waals surface area contributed by atoms with Gasteiger partial charge in [-0.05, 0) is 37.4 Å². The summed E-state index contributed by atoms with van der Waals surface area (Å²) in [6.07, 6.45) is 4.02. The number of hydrogen-bond donors (Lipinski definition) is 1. The summed E-state index contributed by atoms with van der Waals surface area (Å²) >= 11 is 1.81. The molecule has 2 aromatic rings. The molecule has 0 radical (unpaired) electrons. The first-order valence-electron chi connectivity index (χ1n) is 5.49. The van der Waals surface area contributed by atoms with E-state index in [0.29, 0.717) is 6.04 Å². The topological polar surface area (TPSA) is 29.9 Å². The van der Waals surface area contributed by atoms with Gasteiger partial charge in [0.05, 0.1) is 0 Å². The zero-order valence-corrected chi connectivity index (χ0v) is 10.5. The summed E-state index contributed by atoms with van der Waals surface area (Å²) < 4.78 is 1.95. The summed E-state index contributed by atoms with van der Waals surface area (Å²) in [5.74, 6) is 0. The highest BCUT2D eigenvalue weighted by Crippen LogP contribution is 2.22. The first kappa shape index (κ1) is 11.4. The standard InChI is InChI=1S/C12H17N3S/c1-13-11(12-4-3-9-16-12)6-5-10-7-8-14-15(10)2/h3-4,7-9,11,13H,5-6H2,1-2H3.